The smallest absolute Gasteiger partial charge is 0.274 e. The second-order valence-electron chi connectivity index (χ2n) is 8.00. The third-order valence-electron chi connectivity index (χ3n) is 6.12. The maximum atomic E-state index is 13.2. The normalized spacial score (nSPS) is 16.7. The van der Waals surface area contributed by atoms with E-state index < -0.39 is 0 Å². The minimum atomic E-state index is 0. The van der Waals surface area contributed by atoms with Crippen molar-refractivity contribution < 1.29 is 4.79 Å². The van der Waals surface area contributed by atoms with Crippen molar-refractivity contribution in [3.05, 3.63) is 46.8 Å². The summed E-state index contributed by atoms with van der Waals surface area (Å²) in [6.07, 6.45) is 6.51. The van der Waals surface area contributed by atoms with Gasteiger partial charge >= 0.3 is 0 Å². The maximum absolute atomic E-state index is 13.2. The Hall–Kier alpha value is -1.85. The molecule has 2 heterocycles. The molecule has 1 fully saturated rings. The summed E-state index contributed by atoms with van der Waals surface area (Å²) in [5.74, 6) is 0.864. The standard InChI is InChI=1S/C22H30N4O.ClH/c1-16-6-8-18(9-7-16)26-20-5-3-4-19(20)21(24-26)22(27)25-14-11-17(12-15-25)10-13-23-2;/h6-9,17,23H,3-5,10-15H2,1-2H3;1H. The van der Waals surface area contributed by atoms with Crippen LogP contribution in [0.25, 0.3) is 5.69 Å². The third kappa shape index (κ3) is 4.11. The molecule has 1 aromatic carbocycles. The number of fused-ring (bicyclic) bond motifs is 1. The Morgan fingerprint density at radius 2 is 1.89 bits per heavy atom. The van der Waals surface area contributed by atoms with Crippen molar-refractivity contribution in [2.24, 2.45) is 5.92 Å². The van der Waals surface area contributed by atoms with E-state index in [2.05, 4.69) is 36.5 Å². The Morgan fingerprint density at radius 1 is 1.18 bits per heavy atom. The lowest BCUT2D eigenvalue weighted by Crippen LogP contribution is -2.39. The number of nitrogens with zero attached hydrogens (tertiary/aromatic N) is 3. The molecule has 0 unspecified atom stereocenters. The molecule has 6 heteroatoms. The molecule has 4 rings (SSSR count). The number of amides is 1. The fraction of sp³-hybridized carbons (Fsp3) is 0.545. The second-order valence-corrected chi connectivity index (χ2v) is 8.00. The van der Waals surface area contributed by atoms with Gasteiger partial charge in [0.15, 0.2) is 5.69 Å². The van der Waals surface area contributed by atoms with Crippen LogP contribution in [0, 0.1) is 12.8 Å². The van der Waals surface area contributed by atoms with Crippen LogP contribution in [0.4, 0.5) is 0 Å². The van der Waals surface area contributed by atoms with Gasteiger partial charge < -0.3 is 10.2 Å². The first kappa shape index (κ1) is 20.9. The summed E-state index contributed by atoms with van der Waals surface area (Å²) < 4.78 is 2.01. The van der Waals surface area contributed by atoms with Crippen LogP contribution >= 0.6 is 12.4 Å². The molecule has 1 amide bonds. The zero-order chi connectivity index (χ0) is 18.8. The molecule has 1 aliphatic carbocycles. The van der Waals surface area contributed by atoms with Gasteiger partial charge in [0.2, 0.25) is 0 Å². The summed E-state index contributed by atoms with van der Waals surface area (Å²) in [7, 11) is 2.00. The summed E-state index contributed by atoms with van der Waals surface area (Å²) in [6.45, 7) is 4.87. The highest BCUT2D eigenvalue weighted by Gasteiger charge is 2.31. The summed E-state index contributed by atoms with van der Waals surface area (Å²) in [5, 5.41) is 8.02. The topological polar surface area (TPSA) is 50.2 Å². The van der Waals surface area contributed by atoms with Gasteiger partial charge in [-0.3, -0.25) is 4.79 Å². The van der Waals surface area contributed by atoms with Gasteiger partial charge in [0.05, 0.1) is 5.69 Å². The van der Waals surface area contributed by atoms with E-state index in [9.17, 15) is 4.79 Å². The quantitative estimate of drug-likeness (QED) is 0.831. The Kier molecular flexibility index (Phi) is 6.78. The van der Waals surface area contributed by atoms with Crippen molar-refractivity contribution in [2.75, 3.05) is 26.7 Å². The van der Waals surface area contributed by atoms with Crippen LogP contribution < -0.4 is 5.32 Å². The first-order valence-corrected chi connectivity index (χ1v) is 10.3. The number of aryl methyl sites for hydroxylation is 1. The van der Waals surface area contributed by atoms with E-state index in [0.29, 0.717) is 5.69 Å². The predicted molar refractivity (Wildman–Crippen MR) is 115 cm³/mol. The molecule has 1 N–H and O–H groups in total. The SMILES string of the molecule is CNCCC1CCN(C(=O)c2nn(-c3ccc(C)cc3)c3c2CCC3)CC1.Cl. The molecule has 1 saturated heterocycles. The number of likely N-dealkylation sites (tertiary alicyclic amines) is 1. The Labute approximate surface area is 173 Å². The van der Waals surface area contributed by atoms with Crippen molar-refractivity contribution in [3.63, 3.8) is 0 Å². The number of halogens is 1. The van der Waals surface area contributed by atoms with Crippen LogP contribution in [0.15, 0.2) is 24.3 Å². The van der Waals surface area contributed by atoms with Gasteiger partial charge in [-0.25, -0.2) is 4.68 Å². The first-order valence-electron chi connectivity index (χ1n) is 10.3. The van der Waals surface area contributed by atoms with Crippen LogP contribution in [-0.4, -0.2) is 47.3 Å². The fourth-order valence-electron chi connectivity index (χ4n) is 4.43. The van der Waals surface area contributed by atoms with E-state index >= 15 is 0 Å². The van der Waals surface area contributed by atoms with E-state index in [1.54, 1.807) is 0 Å². The molecule has 2 aromatic rings. The number of piperidine rings is 1. The molecule has 152 valence electrons. The van der Waals surface area contributed by atoms with Crippen molar-refractivity contribution in [1.82, 2.24) is 20.0 Å². The van der Waals surface area contributed by atoms with Crippen LogP contribution in [0.1, 0.15) is 53.0 Å². The molecule has 0 spiro atoms. The van der Waals surface area contributed by atoms with Gasteiger partial charge in [-0.2, -0.15) is 5.10 Å². The van der Waals surface area contributed by atoms with E-state index in [-0.39, 0.29) is 18.3 Å². The molecule has 0 saturated carbocycles. The summed E-state index contributed by atoms with van der Waals surface area (Å²) in [5.41, 5.74) is 5.39. The van der Waals surface area contributed by atoms with Crippen molar-refractivity contribution in [2.45, 2.75) is 45.4 Å². The Morgan fingerprint density at radius 3 is 2.57 bits per heavy atom. The van der Waals surface area contributed by atoms with E-state index in [0.717, 1.165) is 63.3 Å². The Bertz CT molecular complexity index is 807. The number of carbonyl (C=O) groups is 1. The lowest BCUT2D eigenvalue weighted by molar-refractivity contribution is 0.0679. The van der Waals surface area contributed by atoms with Crippen LogP contribution in [0.2, 0.25) is 0 Å². The molecule has 0 bridgehead atoms. The van der Waals surface area contributed by atoms with E-state index in [1.165, 1.54) is 23.2 Å². The number of nitrogens with one attached hydrogen (secondary N) is 1. The number of aromatic nitrogens is 2. The monoisotopic (exact) mass is 402 g/mol. The maximum Gasteiger partial charge on any atom is 0.274 e. The zero-order valence-corrected chi connectivity index (χ0v) is 17.7. The average molecular weight is 403 g/mol. The van der Waals surface area contributed by atoms with E-state index in [4.69, 9.17) is 5.10 Å². The van der Waals surface area contributed by atoms with Gasteiger partial charge in [0, 0.05) is 24.3 Å². The molecule has 2 aliphatic rings. The molecule has 0 radical (unpaired) electrons. The van der Waals surface area contributed by atoms with Crippen molar-refractivity contribution in [1.29, 1.82) is 0 Å². The van der Waals surface area contributed by atoms with Gasteiger partial charge in [-0.15, -0.1) is 12.4 Å². The first-order chi connectivity index (χ1) is 13.2. The lowest BCUT2D eigenvalue weighted by atomic mass is 9.93. The van der Waals surface area contributed by atoms with Crippen molar-refractivity contribution >= 4 is 18.3 Å². The highest BCUT2D eigenvalue weighted by Crippen LogP contribution is 2.30. The molecule has 5 nitrogen and oxygen atoms in total. The molecule has 0 atom stereocenters. The number of benzene rings is 1. The van der Waals surface area contributed by atoms with Gasteiger partial charge in [-0.1, -0.05) is 17.7 Å². The molecular weight excluding hydrogens is 372 g/mol. The van der Waals surface area contributed by atoms with Gasteiger partial charge in [0.25, 0.3) is 5.91 Å². The Balaban J connectivity index is 0.00000225. The molecular formula is C22H31ClN4O. The summed E-state index contributed by atoms with van der Waals surface area (Å²) in [6, 6.07) is 8.41. The highest BCUT2D eigenvalue weighted by molar-refractivity contribution is 5.94. The number of carbonyl (C=O) groups excluding carboxylic acids is 1. The molecule has 1 aromatic heterocycles. The fourth-order valence-corrected chi connectivity index (χ4v) is 4.43. The van der Waals surface area contributed by atoms with Crippen LogP contribution in [0.3, 0.4) is 0 Å². The predicted octanol–water partition coefficient (Wildman–Crippen LogP) is 3.55. The summed E-state index contributed by atoms with van der Waals surface area (Å²) >= 11 is 0. The minimum Gasteiger partial charge on any atom is -0.337 e. The largest absolute Gasteiger partial charge is 0.337 e. The van der Waals surface area contributed by atoms with E-state index in [1.807, 2.05) is 16.6 Å². The number of hydrogen-bond acceptors (Lipinski definition) is 3. The molecule has 28 heavy (non-hydrogen) atoms. The average Bonchev–Trinajstić information content (AvgIpc) is 3.30. The minimum absolute atomic E-state index is 0. The molecule has 1 aliphatic heterocycles. The van der Waals surface area contributed by atoms with Gasteiger partial charge in [-0.05, 0) is 77.1 Å². The van der Waals surface area contributed by atoms with Crippen LogP contribution in [0.5, 0.6) is 0 Å². The number of rotatable bonds is 5. The third-order valence-corrected chi connectivity index (χ3v) is 6.12. The highest BCUT2D eigenvalue weighted by atomic mass is 35.5. The summed E-state index contributed by atoms with van der Waals surface area (Å²) in [4.78, 5) is 15.2. The number of hydrogen-bond donors (Lipinski definition) is 1. The second kappa shape index (κ2) is 9.10. The van der Waals surface area contributed by atoms with Crippen LogP contribution in [-0.2, 0) is 12.8 Å². The van der Waals surface area contributed by atoms with Gasteiger partial charge in [0.1, 0.15) is 0 Å². The lowest BCUT2D eigenvalue weighted by Gasteiger charge is -2.31. The van der Waals surface area contributed by atoms with Crippen molar-refractivity contribution in [3.8, 4) is 5.69 Å². The zero-order valence-electron chi connectivity index (χ0n) is 16.9.